The number of ether oxygens (including phenoxy) is 1. The lowest BCUT2D eigenvalue weighted by Gasteiger charge is -2.13. The molecular formula is C15H19N3O4. The second kappa shape index (κ2) is 6.93. The van der Waals surface area contributed by atoms with Crippen molar-refractivity contribution in [2.75, 3.05) is 24.6 Å². The molecule has 0 bridgehead atoms. The summed E-state index contributed by atoms with van der Waals surface area (Å²) in [5.41, 5.74) is 12.3. The van der Waals surface area contributed by atoms with Gasteiger partial charge < -0.3 is 16.2 Å². The van der Waals surface area contributed by atoms with Crippen molar-refractivity contribution in [2.24, 2.45) is 0 Å². The number of carbonyl (C=O) groups is 3. The van der Waals surface area contributed by atoms with Crippen molar-refractivity contribution in [3.8, 4) is 0 Å². The number of unbranched alkanes of at least 4 members (excludes halogenated alkanes) is 1. The zero-order valence-electron chi connectivity index (χ0n) is 12.2. The molecule has 1 aromatic rings. The Morgan fingerprint density at radius 1 is 1.05 bits per heavy atom. The summed E-state index contributed by atoms with van der Waals surface area (Å²) in [6.45, 7) is 0.588. The molecule has 7 nitrogen and oxygen atoms in total. The Balaban J connectivity index is 1.71. The standard InChI is InChI=1S/C15H19N3O4/c16-11-7-10(8-12(17)9-11)15(21)22-6-2-1-5-18-13(19)3-4-14(18)20/h7-9H,1-6,16-17H2. The fourth-order valence-electron chi connectivity index (χ4n) is 2.29. The Morgan fingerprint density at radius 2 is 1.64 bits per heavy atom. The maximum absolute atomic E-state index is 11.8. The number of hydrogen-bond donors (Lipinski definition) is 2. The van der Waals surface area contributed by atoms with Crippen LogP contribution in [0, 0.1) is 0 Å². The van der Waals surface area contributed by atoms with Crippen LogP contribution in [0.4, 0.5) is 11.4 Å². The molecule has 2 rings (SSSR count). The van der Waals surface area contributed by atoms with Gasteiger partial charge in [0.05, 0.1) is 12.2 Å². The molecule has 2 amide bonds. The summed E-state index contributed by atoms with van der Waals surface area (Å²) in [6.07, 6.45) is 1.76. The number of amides is 2. The van der Waals surface area contributed by atoms with Crippen LogP contribution in [0.5, 0.6) is 0 Å². The Bertz CT molecular complexity index is 564. The van der Waals surface area contributed by atoms with E-state index in [1.54, 1.807) is 6.07 Å². The molecule has 0 atom stereocenters. The zero-order chi connectivity index (χ0) is 16.1. The third-order valence-electron chi connectivity index (χ3n) is 3.38. The number of benzene rings is 1. The smallest absolute Gasteiger partial charge is 0.338 e. The third-order valence-corrected chi connectivity index (χ3v) is 3.38. The van der Waals surface area contributed by atoms with Gasteiger partial charge in [-0.25, -0.2) is 4.79 Å². The van der Waals surface area contributed by atoms with Gasteiger partial charge in [-0.3, -0.25) is 14.5 Å². The van der Waals surface area contributed by atoms with E-state index in [9.17, 15) is 14.4 Å². The van der Waals surface area contributed by atoms with Crippen LogP contribution < -0.4 is 11.5 Å². The van der Waals surface area contributed by atoms with Gasteiger partial charge in [0.1, 0.15) is 0 Å². The normalized spacial score (nSPS) is 14.5. The number of imide groups is 1. The number of nitrogens with zero attached hydrogens (tertiary/aromatic N) is 1. The van der Waals surface area contributed by atoms with Gasteiger partial charge in [0, 0.05) is 30.8 Å². The highest BCUT2D eigenvalue weighted by Gasteiger charge is 2.27. The molecule has 4 N–H and O–H groups in total. The van der Waals surface area contributed by atoms with E-state index in [1.165, 1.54) is 17.0 Å². The van der Waals surface area contributed by atoms with E-state index >= 15 is 0 Å². The molecule has 0 unspecified atom stereocenters. The van der Waals surface area contributed by atoms with Crippen LogP contribution in [0.3, 0.4) is 0 Å². The molecule has 1 fully saturated rings. The molecular weight excluding hydrogens is 286 g/mol. The Morgan fingerprint density at radius 3 is 2.23 bits per heavy atom. The van der Waals surface area contributed by atoms with Crippen LogP contribution in [0.25, 0.3) is 0 Å². The first kappa shape index (κ1) is 15.8. The van der Waals surface area contributed by atoms with Crippen LogP contribution in [-0.2, 0) is 14.3 Å². The van der Waals surface area contributed by atoms with Crippen molar-refractivity contribution in [2.45, 2.75) is 25.7 Å². The summed E-state index contributed by atoms with van der Waals surface area (Å²) in [6, 6.07) is 4.56. The van der Waals surface area contributed by atoms with E-state index in [1.807, 2.05) is 0 Å². The predicted molar refractivity (Wildman–Crippen MR) is 80.7 cm³/mol. The third kappa shape index (κ3) is 3.97. The molecule has 1 aliphatic heterocycles. The van der Waals surface area contributed by atoms with Crippen molar-refractivity contribution in [3.63, 3.8) is 0 Å². The molecule has 1 saturated heterocycles. The maximum Gasteiger partial charge on any atom is 0.338 e. The molecule has 0 saturated carbocycles. The molecule has 7 heteroatoms. The van der Waals surface area contributed by atoms with Gasteiger partial charge in [-0.1, -0.05) is 0 Å². The molecule has 0 spiro atoms. The molecule has 0 aromatic heterocycles. The van der Waals surface area contributed by atoms with Gasteiger partial charge in [0.25, 0.3) is 0 Å². The minimum atomic E-state index is -0.493. The first-order chi connectivity index (χ1) is 10.5. The van der Waals surface area contributed by atoms with E-state index in [0.717, 1.165) is 0 Å². The second-order valence-corrected chi connectivity index (χ2v) is 5.17. The number of nitrogens with two attached hydrogens (primary N) is 2. The van der Waals surface area contributed by atoms with Gasteiger partial charge in [0.2, 0.25) is 11.8 Å². The number of nitrogen functional groups attached to an aromatic ring is 2. The number of hydrogen-bond acceptors (Lipinski definition) is 6. The van der Waals surface area contributed by atoms with Gasteiger partial charge in [-0.2, -0.15) is 0 Å². The fraction of sp³-hybridized carbons (Fsp3) is 0.400. The summed E-state index contributed by atoms with van der Waals surface area (Å²) in [5.74, 6) is -0.748. The Kier molecular flexibility index (Phi) is 4.98. The quantitative estimate of drug-likeness (QED) is 0.350. The topological polar surface area (TPSA) is 116 Å². The van der Waals surface area contributed by atoms with E-state index in [0.29, 0.717) is 49.2 Å². The minimum absolute atomic E-state index is 0.128. The lowest BCUT2D eigenvalue weighted by atomic mass is 10.2. The van der Waals surface area contributed by atoms with E-state index < -0.39 is 5.97 Å². The predicted octanol–water partition coefficient (Wildman–Crippen LogP) is 0.937. The van der Waals surface area contributed by atoms with E-state index in [4.69, 9.17) is 16.2 Å². The molecule has 0 radical (unpaired) electrons. The van der Waals surface area contributed by atoms with Gasteiger partial charge in [0.15, 0.2) is 0 Å². The van der Waals surface area contributed by atoms with E-state index in [-0.39, 0.29) is 18.4 Å². The summed E-state index contributed by atoms with van der Waals surface area (Å²) in [7, 11) is 0. The first-order valence-electron chi connectivity index (χ1n) is 7.14. The molecule has 118 valence electrons. The lowest BCUT2D eigenvalue weighted by Crippen LogP contribution is -2.30. The maximum atomic E-state index is 11.8. The minimum Gasteiger partial charge on any atom is -0.462 e. The number of esters is 1. The summed E-state index contributed by atoms with van der Waals surface area (Å²) in [4.78, 5) is 35.9. The van der Waals surface area contributed by atoms with Crippen LogP contribution in [0.15, 0.2) is 18.2 Å². The van der Waals surface area contributed by atoms with Crippen LogP contribution in [-0.4, -0.2) is 35.8 Å². The average Bonchev–Trinajstić information content (AvgIpc) is 2.77. The number of anilines is 2. The zero-order valence-corrected chi connectivity index (χ0v) is 12.2. The fourth-order valence-corrected chi connectivity index (χ4v) is 2.29. The molecule has 22 heavy (non-hydrogen) atoms. The first-order valence-corrected chi connectivity index (χ1v) is 7.14. The number of carbonyl (C=O) groups excluding carboxylic acids is 3. The van der Waals surface area contributed by atoms with Crippen molar-refractivity contribution in [1.29, 1.82) is 0 Å². The number of likely N-dealkylation sites (tertiary alicyclic amines) is 1. The lowest BCUT2D eigenvalue weighted by molar-refractivity contribution is -0.138. The van der Waals surface area contributed by atoms with Crippen LogP contribution in [0.2, 0.25) is 0 Å². The van der Waals surface area contributed by atoms with Crippen molar-refractivity contribution >= 4 is 29.2 Å². The van der Waals surface area contributed by atoms with Gasteiger partial charge >= 0.3 is 5.97 Å². The molecule has 1 aliphatic rings. The average molecular weight is 305 g/mol. The van der Waals surface area contributed by atoms with Crippen molar-refractivity contribution in [1.82, 2.24) is 4.90 Å². The Hall–Kier alpha value is -2.57. The highest BCUT2D eigenvalue weighted by molar-refractivity contribution is 6.01. The highest BCUT2D eigenvalue weighted by Crippen LogP contribution is 2.15. The Labute approximate surface area is 128 Å². The summed E-state index contributed by atoms with van der Waals surface area (Å²) >= 11 is 0. The molecule has 1 heterocycles. The van der Waals surface area contributed by atoms with Crippen molar-refractivity contribution in [3.05, 3.63) is 23.8 Å². The highest BCUT2D eigenvalue weighted by atomic mass is 16.5. The van der Waals surface area contributed by atoms with Gasteiger partial charge in [-0.15, -0.1) is 0 Å². The second-order valence-electron chi connectivity index (χ2n) is 5.17. The van der Waals surface area contributed by atoms with Crippen LogP contribution in [0.1, 0.15) is 36.0 Å². The largest absolute Gasteiger partial charge is 0.462 e. The molecule has 0 aliphatic carbocycles. The summed E-state index contributed by atoms with van der Waals surface area (Å²) < 4.78 is 5.12. The van der Waals surface area contributed by atoms with Crippen molar-refractivity contribution < 1.29 is 19.1 Å². The SMILES string of the molecule is Nc1cc(N)cc(C(=O)OCCCCN2C(=O)CCC2=O)c1. The number of rotatable bonds is 6. The van der Waals surface area contributed by atoms with E-state index in [2.05, 4.69) is 0 Å². The summed E-state index contributed by atoms with van der Waals surface area (Å²) in [5, 5.41) is 0. The van der Waals surface area contributed by atoms with Crippen LogP contribution >= 0.6 is 0 Å². The molecule has 1 aromatic carbocycles. The monoisotopic (exact) mass is 305 g/mol. The van der Waals surface area contributed by atoms with Gasteiger partial charge in [-0.05, 0) is 31.0 Å².